The van der Waals surface area contributed by atoms with Gasteiger partial charge >= 0.3 is 0 Å². The lowest BCUT2D eigenvalue weighted by molar-refractivity contribution is -0.123. The van der Waals surface area contributed by atoms with E-state index < -0.39 is 5.54 Å². The van der Waals surface area contributed by atoms with Crippen molar-refractivity contribution in [3.05, 3.63) is 29.8 Å². The number of thioether (sulfide) groups is 1. The van der Waals surface area contributed by atoms with E-state index in [1.807, 2.05) is 25.6 Å². The molecule has 18 heavy (non-hydrogen) atoms. The molecule has 2 rings (SSSR count). The number of amides is 1. The van der Waals surface area contributed by atoms with E-state index in [1.54, 1.807) is 0 Å². The van der Waals surface area contributed by atoms with Crippen LogP contribution in [0.25, 0.3) is 0 Å². The number of rotatable bonds is 5. The van der Waals surface area contributed by atoms with Crippen molar-refractivity contribution < 1.29 is 4.79 Å². The predicted octanol–water partition coefficient (Wildman–Crippen LogP) is 1.95. The van der Waals surface area contributed by atoms with Crippen LogP contribution in [0.3, 0.4) is 0 Å². The third kappa shape index (κ3) is 2.70. The molecule has 0 aliphatic carbocycles. The highest BCUT2D eigenvalue weighted by Crippen LogP contribution is 2.36. The van der Waals surface area contributed by atoms with Gasteiger partial charge in [0.2, 0.25) is 5.91 Å². The summed E-state index contributed by atoms with van der Waals surface area (Å²) in [6.45, 7) is 4.67. The molecule has 1 aliphatic heterocycles. The van der Waals surface area contributed by atoms with E-state index in [0.717, 1.165) is 13.0 Å². The minimum Gasteiger partial charge on any atom is -0.368 e. The molecule has 1 heterocycles. The highest BCUT2D eigenvalue weighted by Gasteiger charge is 2.30. The monoisotopic (exact) mass is 264 g/mol. The second kappa shape index (κ2) is 5.33. The number of fused-ring (bicyclic) bond motifs is 1. The maximum Gasteiger partial charge on any atom is 0.237 e. The van der Waals surface area contributed by atoms with Crippen molar-refractivity contribution in [3.8, 4) is 0 Å². The van der Waals surface area contributed by atoms with Crippen LogP contribution in [0.4, 0.5) is 0 Å². The fourth-order valence-corrected chi connectivity index (χ4v) is 3.34. The van der Waals surface area contributed by atoms with Crippen LogP contribution < -0.4 is 11.1 Å². The Morgan fingerprint density at radius 2 is 2.28 bits per heavy atom. The first kappa shape index (κ1) is 13.4. The van der Waals surface area contributed by atoms with Crippen molar-refractivity contribution in [1.29, 1.82) is 0 Å². The molecule has 2 atom stereocenters. The summed E-state index contributed by atoms with van der Waals surface area (Å²) in [6.07, 6.45) is 1.78. The number of hydrogen-bond acceptors (Lipinski definition) is 3. The molecule has 3 N–H and O–H groups in total. The van der Waals surface area contributed by atoms with E-state index in [9.17, 15) is 4.79 Å². The van der Waals surface area contributed by atoms with Gasteiger partial charge in [0.1, 0.15) is 0 Å². The first-order valence-corrected chi connectivity index (χ1v) is 7.22. The van der Waals surface area contributed by atoms with E-state index in [0.29, 0.717) is 11.7 Å². The second-order valence-electron chi connectivity index (χ2n) is 4.98. The molecule has 3 nitrogen and oxygen atoms in total. The summed E-state index contributed by atoms with van der Waals surface area (Å²) < 4.78 is 0. The summed E-state index contributed by atoms with van der Waals surface area (Å²) in [6, 6.07) is 8.48. The van der Waals surface area contributed by atoms with Crippen LogP contribution in [0.2, 0.25) is 0 Å². The Morgan fingerprint density at radius 1 is 1.56 bits per heavy atom. The van der Waals surface area contributed by atoms with Crippen LogP contribution in [-0.2, 0) is 11.2 Å². The summed E-state index contributed by atoms with van der Waals surface area (Å²) in [5.74, 6) is -0.273. The zero-order valence-corrected chi connectivity index (χ0v) is 11.7. The number of nitrogens with one attached hydrogen (secondary N) is 1. The number of nitrogens with two attached hydrogens (primary N) is 1. The van der Waals surface area contributed by atoms with E-state index in [-0.39, 0.29) is 5.91 Å². The summed E-state index contributed by atoms with van der Waals surface area (Å²) in [4.78, 5) is 12.8. The maximum absolute atomic E-state index is 11.4. The first-order valence-electron chi connectivity index (χ1n) is 6.34. The molecule has 0 fully saturated rings. The Balaban J connectivity index is 1.92. The second-order valence-corrected chi connectivity index (χ2v) is 6.32. The van der Waals surface area contributed by atoms with E-state index in [1.165, 1.54) is 10.5 Å². The summed E-state index contributed by atoms with van der Waals surface area (Å²) in [7, 11) is 0. The van der Waals surface area contributed by atoms with Crippen molar-refractivity contribution in [2.24, 2.45) is 5.73 Å². The smallest absolute Gasteiger partial charge is 0.237 e. The van der Waals surface area contributed by atoms with Crippen molar-refractivity contribution >= 4 is 17.7 Å². The number of benzene rings is 1. The summed E-state index contributed by atoms with van der Waals surface area (Å²) in [5, 5.41) is 3.82. The van der Waals surface area contributed by atoms with Gasteiger partial charge in [-0.15, -0.1) is 11.8 Å². The van der Waals surface area contributed by atoms with Crippen molar-refractivity contribution in [2.45, 2.75) is 42.4 Å². The Labute approximate surface area is 113 Å². The molecule has 1 aliphatic rings. The third-order valence-corrected chi connectivity index (χ3v) is 5.00. The molecule has 0 radical (unpaired) electrons. The first-order chi connectivity index (χ1) is 8.55. The van der Waals surface area contributed by atoms with Crippen LogP contribution in [0.5, 0.6) is 0 Å². The Kier molecular flexibility index (Phi) is 3.97. The Bertz CT molecular complexity index is 424. The maximum atomic E-state index is 11.4. The molecular formula is C14H20N2OS. The molecule has 2 unspecified atom stereocenters. The van der Waals surface area contributed by atoms with Gasteiger partial charge in [0.05, 0.1) is 5.54 Å². The predicted molar refractivity (Wildman–Crippen MR) is 75.7 cm³/mol. The van der Waals surface area contributed by atoms with Gasteiger partial charge in [-0.05, 0) is 31.4 Å². The summed E-state index contributed by atoms with van der Waals surface area (Å²) in [5.41, 5.74) is 6.26. The number of carbonyl (C=O) groups is 1. The molecule has 0 spiro atoms. The van der Waals surface area contributed by atoms with Gasteiger partial charge in [0, 0.05) is 16.7 Å². The quantitative estimate of drug-likeness (QED) is 0.854. The average molecular weight is 264 g/mol. The molecule has 4 heteroatoms. The molecular weight excluding hydrogens is 244 g/mol. The molecule has 0 aromatic heterocycles. The van der Waals surface area contributed by atoms with Gasteiger partial charge in [-0.2, -0.15) is 0 Å². The molecule has 0 bridgehead atoms. The zero-order valence-electron chi connectivity index (χ0n) is 10.9. The van der Waals surface area contributed by atoms with Gasteiger partial charge in [0.25, 0.3) is 0 Å². The topological polar surface area (TPSA) is 55.1 Å². The molecule has 0 saturated carbocycles. The minimum absolute atomic E-state index is 0.273. The molecule has 1 aromatic rings. The largest absolute Gasteiger partial charge is 0.368 e. The van der Waals surface area contributed by atoms with Crippen LogP contribution in [0.1, 0.15) is 25.8 Å². The van der Waals surface area contributed by atoms with Crippen molar-refractivity contribution in [3.63, 3.8) is 0 Å². The van der Waals surface area contributed by atoms with Crippen molar-refractivity contribution in [1.82, 2.24) is 5.32 Å². The summed E-state index contributed by atoms with van der Waals surface area (Å²) >= 11 is 1.88. The standard InChI is InChI=1S/C14H20N2OS/c1-3-14(2,13(15)17)16-9-11-8-10-6-4-5-7-12(10)18-11/h4-7,11,16H,3,8-9H2,1-2H3,(H2,15,17). The number of primary amides is 1. The zero-order chi connectivity index (χ0) is 13.2. The lowest BCUT2D eigenvalue weighted by atomic mass is 9.98. The highest BCUT2D eigenvalue weighted by molar-refractivity contribution is 8.00. The van der Waals surface area contributed by atoms with E-state index >= 15 is 0 Å². The lowest BCUT2D eigenvalue weighted by Gasteiger charge is -2.27. The Hall–Kier alpha value is -1.00. The van der Waals surface area contributed by atoms with Gasteiger partial charge in [-0.25, -0.2) is 0 Å². The van der Waals surface area contributed by atoms with Crippen LogP contribution in [0.15, 0.2) is 29.2 Å². The van der Waals surface area contributed by atoms with Crippen LogP contribution in [-0.4, -0.2) is 23.2 Å². The lowest BCUT2D eigenvalue weighted by Crippen LogP contribution is -2.54. The molecule has 98 valence electrons. The number of carbonyl (C=O) groups excluding carboxylic acids is 1. The van der Waals surface area contributed by atoms with E-state index in [4.69, 9.17) is 5.73 Å². The normalized spacial score (nSPS) is 21.3. The van der Waals surface area contributed by atoms with Crippen LogP contribution >= 0.6 is 11.8 Å². The van der Waals surface area contributed by atoms with Crippen LogP contribution in [0, 0.1) is 0 Å². The average Bonchev–Trinajstić information content (AvgIpc) is 2.78. The molecule has 1 amide bonds. The SMILES string of the molecule is CCC(C)(NCC1Cc2ccccc2S1)C(N)=O. The molecule has 0 saturated heterocycles. The Morgan fingerprint density at radius 3 is 2.89 bits per heavy atom. The molecule has 1 aromatic carbocycles. The van der Waals surface area contributed by atoms with Gasteiger partial charge in [0.15, 0.2) is 0 Å². The van der Waals surface area contributed by atoms with Gasteiger partial charge in [-0.1, -0.05) is 25.1 Å². The highest BCUT2D eigenvalue weighted by atomic mass is 32.2. The van der Waals surface area contributed by atoms with Gasteiger partial charge in [-0.3, -0.25) is 4.79 Å². The number of hydrogen-bond donors (Lipinski definition) is 2. The fraction of sp³-hybridized carbons (Fsp3) is 0.500. The minimum atomic E-state index is -0.588. The van der Waals surface area contributed by atoms with Gasteiger partial charge < -0.3 is 11.1 Å². The van der Waals surface area contributed by atoms with Crippen molar-refractivity contribution in [2.75, 3.05) is 6.54 Å². The fourth-order valence-electron chi connectivity index (χ4n) is 2.09. The van der Waals surface area contributed by atoms with E-state index in [2.05, 4.69) is 29.6 Å². The third-order valence-electron chi connectivity index (χ3n) is 3.68.